The number of carbonyl (C=O) groups excluding carboxylic acids is 1. The number of carbonyl (C=O) groups is 1. The molecule has 0 spiro atoms. The number of nitrogens with one attached hydrogen (secondary N) is 2. The van der Waals surface area contributed by atoms with E-state index >= 15 is 0 Å². The van der Waals surface area contributed by atoms with Crippen molar-refractivity contribution < 1.29 is 9.90 Å². The molecule has 3 N–H and O–H groups in total. The van der Waals surface area contributed by atoms with Gasteiger partial charge in [-0.2, -0.15) is 0 Å². The lowest BCUT2D eigenvalue weighted by molar-refractivity contribution is 0.0164. The summed E-state index contributed by atoms with van der Waals surface area (Å²) in [6.07, 6.45) is 0. The molecule has 4 nitrogen and oxygen atoms in total. The highest BCUT2D eigenvalue weighted by Crippen LogP contribution is 2.14. The number of hydrogen-bond donors (Lipinski definition) is 3. The van der Waals surface area contributed by atoms with E-state index < -0.39 is 5.60 Å². The van der Waals surface area contributed by atoms with Gasteiger partial charge < -0.3 is 15.7 Å². The third-order valence-electron chi connectivity index (χ3n) is 2.34. The van der Waals surface area contributed by atoms with Crippen LogP contribution in [0, 0.1) is 5.92 Å². The number of hydrogen-bond acceptors (Lipinski definition) is 2. The van der Waals surface area contributed by atoms with E-state index in [9.17, 15) is 9.90 Å². The summed E-state index contributed by atoms with van der Waals surface area (Å²) < 4.78 is 0. The summed E-state index contributed by atoms with van der Waals surface area (Å²) in [5.41, 5.74) is -1.12. The number of urea groups is 1. The Bertz CT molecular complexity index is 217. The Balaban J connectivity index is 4.02. The van der Waals surface area contributed by atoms with Crippen LogP contribution in [0.4, 0.5) is 4.79 Å². The molecule has 0 heterocycles. The van der Waals surface area contributed by atoms with Crippen molar-refractivity contribution in [1.29, 1.82) is 0 Å². The minimum Gasteiger partial charge on any atom is -0.388 e. The molecule has 0 aliphatic rings. The topological polar surface area (TPSA) is 61.4 Å². The predicted molar refractivity (Wildman–Crippen MR) is 61.7 cm³/mol. The maximum Gasteiger partial charge on any atom is 0.315 e. The molecule has 0 aliphatic carbocycles. The Morgan fingerprint density at radius 2 is 1.73 bits per heavy atom. The van der Waals surface area contributed by atoms with Gasteiger partial charge in [0, 0.05) is 12.1 Å². The van der Waals surface area contributed by atoms with E-state index in [4.69, 9.17) is 0 Å². The molecule has 2 amide bonds. The lowest BCUT2D eigenvalue weighted by atomic mass is 9.93. The fourth-order valence-corrected chi connectivity index (χ4v) is 0.848. The first-order chi connectivity index (χ1) is 6.54. The first kappa shape index (κ1) is 14.2. The number of rotatable bonds is 3. The van der Waals surface area contributed by atoms with Crippen LogP contribution < -0.4 is 10.6 Å². The van der Waals surface area contributed by atoms with E-state index in [1.807, 2.05) is 34.6 Å². The smallest absolute Gasteiger partial charge is 0.315 e. The van der Waals surface area contributed by atoms with Crippen LogP contribution in [-0.2, 0) is 0 Å². The quantitative estimate of drug-likeness (QED) is 0.669. The molecule has 0 rings (SSSR count). The van der Waals surface area contributed by atoms with Gasteiger partial charge >= 0.3 is 6.03 Å². The minimum atomic E-state index is -0.866. The molecule has 0 saturated carbocycles. The van der Waals surface area contributed by atoms with E-state index in [0.29, 0.717) is 0 Å². The maximum atomic E-state index is 11.4. The van der Waals surface area contributed by atoms with Crippen molar-refractivity contribution in [3.8, 4) is 0 Å². The summed E-state index contributed by atoms with van der Waals surface area (Å²) in [7, 11) is 0. The predicted octanol–water partition coefficient (Wildman–Crippen LogP) is 1.49. The highest BCUT2D eigenvalue weighted by atomic mass is 16.3. The molecule has 90 valence electrons. The van der Waals surface area contributed by atoms with Gasteiger partial charge in [-0.05, 0) is 33.6 Å². The van der Waals surface area contributed by atoms with Crippen molar-refractivity contribution in [1.82, 2.24) is 10.6 Å². The monoisotopic (exact) mass is 216 g/mol. The van der Waals surface area contributed by atoms with Crippen LogP contribution in [0.1, 0.15) is 41.5 Å². The molecule has 1 unspecified atom stereocenters. The second kappa shape index (κ2) is 4.84. The van der Waals surface area contributed by atoms with Gasteiger partial charge in [0.2, 0.25) is 0 Å². The highest BCUT2D eigenvalue weighted by Gasteiger charge is 2.25. The Kier molecular flexibility index (Phi) is 4.59. The number of amides is 2. The van der Waals surface area contributed by atoms with Crippen LogP contribution in [0.15, 0.2) is 0 Å². The highest BCUT2D eigenvalue weighted by molar-refractivity contribution is 5.74. The van der Waals surface area contributed by atoms with Crippen LogP contribution in [-0.4, -0.2) is 28.8 Å². The zero-order valence-electron chi connectivity index (χ0n) is 10.6. The second-order valence-corrected chi connectivity index (χ2v) is 5.57. The average Bonchev–Trinajstić information content (AvgIpc) is 1.97. The summed E-state index contributed by atoms with van der Waals surface area (Å²) in [5.74, 6) is 0.104. The summed E-state index contributed by atoms with van der Waals surface area (Å²) in [4.78, 5) is 11.4. The van der Waals surface area contributed by atoms with Gasteiger partial charge in [-0.15, -0.1) is 0 Å². The van der Waals surface area contributed by atoms with Gasteiger partial charge in [0.25, 0.3) is 0 Å². The lowest BCUT2D eigenvalue weighted by Gasteiger charge is -2.29. The van der Waals surface area contributed by atoms with Crippen LogP contribution in [0.2, 0.25) is 0 Å². The summed E-state index contributed by atoms with van der Waals surface area (Å²) in [6.45, 7) is 11.5. The first-order valence-corrected chi connectivity index (χ1v) is 5.33. The fraction of sp³-hybridized carbons (Fsp3) is 0.909. The van der Waals surface area contributed by atoms with Gasteiger partial charge in [0.05, 0.1) is 5.60 Å². The lowest BCUT2D eigenvalue weighted by Crippen LogP contribution is -2.51. The van der Waals surface area contributed by atoms with Crippen LogP contribution in [0.5, 0.6) is 0 Å². The van der Waals surface area contributed by atoms with Gasteiger partial charge in [-0.1, -0.05) is 13.8 Å². The zero-order chi connectivity index (χ0) is 12.3. The second-order valence-electron chi connectivity index (χ2n) is 5.57. The van der Waals surface area contributed by atoms with Gasteiger partial charge in [-0.3, -0.25) is 0 Å². The molecule has 0 bridgehead atoms. The Morgan fingerprint density at radius 3 is 2.07 bits per heavy atom. The largest absolute Gasteiger partial charge is 0.388 e. The van der Waals surface area contributed by atoms with Gasteiger partial charge in [-0.25, -0.2) is 4.79 Å². The third-order valence-corrected chi connectivity index (χ3v) is 2.34. The van der Waals surface area contributed by atoms with E-state index in [2.05, 4.69) is 10.6 Å². The molecular weight excluding hydrogens is 192 g/mol. The van der Waals surface area contributed by atoms with Crippen molar-refractivity contribution in [2.45, 2.75) is 52.7 Å². The van der Waals surface area contributed by atoms with Crippen molar-refractivity contribution in [3.63, 3.8) is 0 Å². The van der Waals surface area contributed by atoms with Gasteiger partial charge in [0.1, 0.15) is 0 Å². The van der Waals surface area contributed by atoms with Crippen molar-refractivity contribution >= 4 is 6.03 Å². The Hall–Kier alpha value is -0.770. The Labute approximate surface area is 92.4 Å². The van der Waals surface area contributed by atoms with Crippen LogP contribution in [0.3, 0.4) is 0 Å². The van der Waals surface area contributed by atoms with E-state index in [1.165, 1.54) is 0 Å². The molecule has 0 saturated heterocycles. The molecule has 0 aromatic heterocycles. The average molecular weight is 216 g/mol. The Morgan fingerprint density at radius 1 is 1.27 bits per heavy atom. The van der Waals surface area contributed by atoms with E-state index in [0.717, 1.165) is 0 Å². The van der Waals surface area contributed by atoms with Gasteiger partial charge in [0.15, 0.2) is 0 Å². The van der Waals surface area contributed by atoms with Crippen molar-refractivity contribution in [2.75, 3.05) is 6.54 Å². The maximum absolute atomic E-state index is 11.4. The summed E-state index contributed by atoms with van der Waals surface area (Å²) in [5, 5.41) is 15.3. The molecule has 0 aromatic carbocycles. The molecule has 0 fully saturated rings. The molecule has 0 aliphatic heterocycles. The fourth-order valence-electron chi connectivity index (χ4n) is 0.848. The van der Waals surface area contributed by atoms with Crippen LogP contribution in [0.25, 0.3) is 0 Å². The minimum absolute atomic E-state index is 0.104. The molecule has 1 atom stereocenters. The molecule has 0 radical (unpaired) electrons. The normalized spacial score (nSPS) is 16.0. The molecule has 15 heavy (non-hydrogen) atoms. The number of aliphatic hydroxyl groups is 1. The third kappa shape index (κ3) is 6.33. The zero-order valence-corrected chi connectivity index (χ0v) is 10.6. The van der Waals surface area contributed by atoms with Crippen molar-refractivity contribution in [3.05, 3.63) is 0 Å². The summed E-state index contributed by atoms with van der Waals surface area (Å²) >= 11 is 0. The molecular formula is C11H24N2O2. The van der Waals surface area contributed by atoms with Crippen molar-refractivity contribution in [2.24, 2.45) is 5.92 Å². The standard InChI is InChI=1S/C11H24N2O2/c1-8(2)11(6,15)7-12-9(14)13-10(3,4)5/h8,15H,7H2,1-6H3,(H2,12,13,14). The first-order valence-electron chi connectivity index (χ1n) is 5.33. The molecule has 4 heteroatoms. The summed E-state index contributed by atoms with van der Waals surface area (Å²) in [6, 6.07) is -0.247. The SMILES string of the molecule is CC(C)C(C)(O)CNC(=O)NC(C)(C)C. The van der Waals surface area contributed by atoms with E-state index in [1.54, 1.807) is 6.92 Å². The van der Waals surface area contributed by atoms with E-state index in [-0.39, 0.29) is 24.0 Å². The van der Waals surface area contributed by atoms with Crippen LogP contribution >= 0.6 is 0 Å². The molecule has 0 aromatic rings.